The fraction of sp³-hybridized carbons (Fsp3) is 0.565. The molecule has 2 aromatic rings. The second-order valence-corrected chi connectivity index (χ2v) is 9.10. The zero-order valence-electron chi connectivity index (χ0n) is 17.2. The van der Waals surface area contributed by atoms with Gasteiger partial charge in [-0.2, -0.15) is 0 Å². The van der Waals surface area contributed by atoms with Gasteiger partial charge in [0.25, 0.3) is 5.91 Å². The molecule has 3 aliphatic rings. The number of aromatic amines is 1. The second kappa shape index (κ2) is 7.48. The highest BCUT2D eigenvalue weighted by Crippen LogP contribution is 2.32. The molecule has 1 aromatic heterocycles. The summed E-state index contributed by atoms with van der Waals surface area (Å²) >= 11 is 0. The summed E-state index contributed by atoms with van der Waals surface area (Å²) in [6.07, 6.45) is 5.65. The number of nitrogens with one attached hydrogen (secondary N) is 2. The van der Waals surface area contributed by atoms with Gasteiger partial charge in [-0.1, -0.05) is 6.92 Å². The number of amides is 2. The number of hydrogen-bond acceptors (Lipinski definition) is 3. The van der Waals surface area contributed by atoms with Gasteiger partial charge in [-0.05, 0) is 61.8 Å². The molecule has 29 heavy (non-hydrogen) atoms. The minimum atomic E-state index is 0.104. The Bertz CT molecular complexity index is 938. The predicted molar refractivity (Wildman–Crippen MR) is 113 cm³/mol. The number of piperazine rings is 1. The van der Waals surface area contributed by atoms with E-state index in [9.17, 15) is 9.59 Å². The van der Waals surface area contributed by atoms with Crippen molar-refractivity contribution in [3.05, 3.63) is 35.0 Å². The Morgan fingerprint density at radius 1 is 1.14 bits per heavy atom. The minimum absolute atomic E-state index is 0.104. The topological polar surface area (TPSA) is 68.4 Å². The van der Waals surface area contributed by atoms with Crippen LogP contribution in [-0.2, 0) is 17.6 Å². The quantitative estimate of drug-likeness (QED) is 0.836. The summed E-state index contributed by atoms with van der Waals surface area (Å²) < 4.78 is 0. The summed E-state index contributed by atoms with van der Waals surface area (Å²) in [4.78, 5) is 32.7. The number of fused-ring (bicyclic) bond motifs is 3. The van der Waals surface area contributed by atoms with Crippen LogP contribution < -0.4 is 5.32 Å². The van der Waals surface area contributed by atoms with E-state index in [0.29, 0.717) is 31.6 Å². The van der Waals surface area contributed by atoms with Crippen LogP contribution in [0.2, 0.25) is 0 Å². The van der Waals surface area contributed by atoms with E-state index in [1.165, 1.54) is 23.1 Å². The molecule has 0 radical (unpaired) electrons. The molecule has 6 heteroatoms. The maximum atomic E-state index is 13.1. The molecule has 1 aliphatic heterocycles. The second-order valence-electron chi connectivity index (χ2n) is 9.10. The van der Waals surface area contributed by atoms with Crippen LogP contribution in [0.1, 0.15) is 47.8 Å². The van der Waals surface area contributed by atoms with Gasteiger partial charge in [-0.15, -0.1) is 0 Å². The number of carbonyl (C=O) groups excluding carboxylic acids is 2. The lowest BCUT2D eigenvalue weighted by atomic mass is 9.87. The van der Waals surface area contributed by atoms with Crippen LogP contribution in [0.3, 0.4) is 0 Å². The number of hydrogen-bond donors (Lipinski definition) is 2. The lowest BCUT2D eigenvalue weighted by molar-refractivity contribution is -0.122. The van der Waals surface area contributed by atoms with E-state index in [1.807, 2.05) is 11.0 Å². The van der Waals surface area contributed by atoms with Gasteiger partial charge in [-0.25, -0.2) is 0 Å². The predicted octanol–water partition coefficient (Wildman–Crippen LogP) is 2.33. The van der Waals surface area contributed by atoms with Crippen LogP contribution in [-0.4, -0.2) is 65.4 Å². The van der Waals surface area contributed by atoms with Crippen molar-refractivity contribution in [1.29, 1.82) is 0 Å². The molecule has 6 nitrogen and oxygen atoms in total. The maximum absolute atomic E-state index is 13.1. The van der Waals surface area contributed by atoms with Gasteiger partial charge in [0.05, 0.1) is 6.54 Å². The number of nitrogens with zero attached hydrogens (tertiary/aromatic N) is 2. The first-order valence-electron chi connectivity index (χ1n) is 11.0. The van der Waals surface area contributed by atoms with E-state index in [4.69, 9.17) is 0 Å². The van der Waals surface area contributed by atoms with Gasteiger partial charge in [-0.3, -0.25) is 14.5 Å². The first-order valence-corrected chi connectivity index (χ1v) is 11.0. The average Bonchev–Trinajstić information content (AvgIpc) is 3.46. The highest BCUT2D eigenvalue weighted by atomic mass is 16.2. The van der Waals surface area contributed by atoms with Crippen molar-refractivity contribution in [3.8, 4) is 0 Å². The highest BCUT2D eigenvalue weighted by molar-refractivity contribution is 5.99. The number of rotatable bonds is 4. The van der Waals surface area contributed by atoms with Crippen LogP contribution in [0, 0.1) is 5.92 Å². The average molecular weight is 395 g/mol. The molecule has 2 amide bonds. The molecule has 1 aromatic carbocycles. The molecular formula is C23H30N4O2. The molecular weight excluding hydrogens is 364 g/mol. The summed E-state index contributed by atoms with van der Waals surface area (Å²) in [6.45, 7) is 5.61. The van der Waals surface area contributed by atoms with Gasteiger partial charge < -0.3 is 15.2 Å². The zero-order valence-corrected chi connectivity index (χ0v) is 17.2. The van der Waals surface area contributed by atoms with Crippen molar-refractivity contribution in [2.45, 2.75) is 45.1 Å². The summed E-state index contributed by atoms with van der Waals surface area (Å²) in [5.74, 6) is 0.919. The lowest BCUT2D eigenvalue weighted by Gasteiger charge is -2.34. The fourth-order valence-electron chi connectivity index (χ4n) is 4.72. The Kier molecular flexibility index (Phi) is 4.82. The van der Waals surface area contributed by atoms with Crippen molar-refractivity contribution in [3.63, 3.8) is 0 Å². The van der Waals surface area contributed by atoms with Crippen LogP contribution in [0.5, 0.6) is 0 Å². The fourth-order valence-corrected chi connectivity index (χ4v) is 4.72. The van der Waals surface area contributed by atoms with Crippen LogP contribution in [0.25, 0.3) is 10.9 Å². The van der Waals surface area contributed by atoms with Crippen molar-refractivity contribution in [2.24, 2.45) is 5.92 Å². The number of H-pyrrole nitrogens is 1. The molecule has 2 N–H and O–H groups in total. The number of aryl methyl sites for hydroxylation is 1. The highest BCUT2D eigenvalue weighted by Gasteiger charge is 2.27. The third-order valence-corrected chi connectivity index (χ3v) is 6.65. The van der Waals surface area contributed by atoms with E-state index in [-0.39, 0.29) is 11.8 Å². The van der Waals surface area contributed by atoms with Gasteiger partial charge in [0.2, 0.25) is 5.91 Å². The molecule has 1 saturated carbocycles. The SMILES string of the molecule is C[C@H]1CCc2[nH]c3ccc(C(=O)N4CCN(CC(=O)NC5CC5)CC4)cc3c2C1. The van der Waals surface area contributed by atoms with Gasteiger partial charge >= 0.3 is 0 Å². The number of aromatic nitrogens is 1. The third-order valence-electron chi connectivity index (χ3n) is 6.65. The standard InChI is InChI=1S/C23H30N4O2/c1-15-2-6-20-18(12-15)19-13-16(3-7-21(19)25-20)23(29)27-10-8-26(9-11-27)14-22(28)24-17-4-5-17/h3,7,13,15,17,25H,2,4-6,8-12,14H2,1H3,(H,24,28)/t15-/m0/s1. The molecule has 154 valence electrons. The van der Waals surface area contributed by atoms with Crippen LogP contribution in [0.4, 0.5) is 0 Å². The third kappa shape index (κ3) is 3.90. The van der Waals surface area contributed by atoms with Crippen LogP contribution >= 0.6 is 0 Å². The largest absolute Gasteiger partial charge is 0.358 e. The van der Waals surface area contributed by atoms with E-state index < -0.39 is 0 Å². The summed E-state index contributed by atoms with van der Waals surface area (Å²) in [7, 11) is 0. The Morgan fingerprint density at radius 2 is 1.93 bits per heavy atom. The smallest absolute Gasteiger partial charge is 0.253 e. The number of carbonyl (C=O) groups is 2. The Morgan fingerprint density at radius 3 is 2.69 bits per heavy atom. The molecule has 2 aliphatic carbocycles. The zero-order chi connectivity index (χ0) is 20.0. The monoisotopic (exact) mass is 394 g/mol. The summed E-state index contributed by atoms with van der Waals surface area (Å²) in [5.41, 5.74) is 4.67. The van der Waals surface area contributed by atoms with Gasteiger partial charge in [0.1, 0.15) is 0 Å². The first kappa shape index (κ1) is 18.7. The van der Waals surface area contributed by atoms with E-state index in [1.54, 1.807) is 0 Å². The molecule has 0 unspecified atom stereocenters. The molecule has 2 fully saturated rings. The molecule has 0 bridgehead atoms. The lowest BCUT2D eigenvalue weighted by Crippen LogP contribution is -2.51. The Hall–Kier alpha value is -2.34. The van der Waals surface area contributed by atoms with E-state index in [2.05, 4.69) is 34.3 Å². The summed E-state index contributed by atoms with van der Waals surface area (Å²) in [6, 6.07) is 6.50. The van der Waals surface area contributed by atoms with E-state index in [0.717, 1.165) is 49.9 Å². The van der Waals surface area contributed by atoms with Crippen LogP contribution in [0.15, 0.2) is 18.2 Å². The minimum Gasteiger partial charge on any atom is -0.358 e. The van der Waals surface area contributed by atoms with Gasteiger partial charge in [0.15, 0.2) is 0 Å². The normalized spacial score (nSPS) is 22.5. The number of benzene rings is 1. The van der Waals surface area contributed by atoms with Crippen molar-refractivity contribution >= 4 is 22.7 Å². The molecule has 5 rings (SSSR count). The van der Waals surface area contributed by atoms with E-state index >= 15 is 0 Å². The first-order chi connectivity index (χ1) is 14.1. The van der Waals surface area contributed by atoms with Crippen molar-refractivity contribution < 1.29 is 9.59 Å². The molecule has 1 saturated heterocycles. The van der Waals surface area contributed by atoms with Crippen molar-refractivity contribution in [1.82, 2.24) is 20.1 Å². The maximum Gasteiger partial charge on any atom is 0.253 e. The van der Waals surface area contributed by atoms with Crippen molar-refractivity contribution in [2.75, 3.05) is 32.7 Å². The molecule has 0 spiro atoms. The Labute approximate surface area is 171 Å². The Balaban J connectivity index is 1.24. The summed E-state index contributed by atoms with van der Waals surface area (Å²) in [5, 5.41) is 4.25. The molecule has 2 heterocycles. The molecule has 1 atom stereocenters. The van der Waals surface area contributed by atoms with Gasteiger partial charge in [0, 0.05) is 54.4 Å².